The van der Waals surface area contributed by atoms with Crippen LogP contribution in [0.4, 0.5) is 0 Å². The van der Waals surface area contributed by atoms with Gasteiger partial charge in [0, 0.05) is 11.6 Å². The van der Waals surface area contributed by atoms with Crippen molar-refractivity contribution in [3.63, 3.8) is 0 Å². The summed E-state index contributed by atoms with van der Waals surface area (Å²) in [4.78, 5) is 0. The van der Waals surface area contributed by atoms with E-state index in [2.05, 4.69) is 13.5 Å². The zero-order chi connectivity index (χ0) is 12.8. The van der Waals surface area contributed by atoms with Crippen LogP contribution in [-0.2, 0) is 4.74 Å². The van der Waals surface area contributed by atoms with Crippen molar-refractivity contribution < 1.29 is 9.84 Å². The van der Waals surface area contributed by atoms with Gasteiger partial charge in [0.05, 0.1) is 18.3 Å². The molecule has 1 fully saturated rings. The molecule has 4 atom stereocenters. The van der Waals surface area contributed by atoms with Gasteiger partial charge in [-0.25, -0.2) is 0 Å². The van der Waals surface area contributed by atoms with Gasteiger partial charge >= 0.3 is 0 Å². The average Bonchev–Trinajstić information content (AvgIpc) is 2.32. The minimum atomic E-state index is -0.290. The second-order valence-electron chi connectivity index (χ2n) is 4.86. The Balaban J connectivity index is 2.63. The molecular formula is C14H25NO2. The molecule has 0 spiro atoms. The maximum absolute atomic E-state index is 9.97. The Morgan fingerprint density at radius 2 is 2.29 bits per heavy atom. The maximum Gasteiger partial charge on any atom is 0.0829 e. The zero-order valence-electron chi connectivity index (χ0n) is 10.9. The molecule has 0 amide bonds. The second kappa shape index (κ2) is 6.82. The van der Waals surface area contributed by atoms with Crippen molar-refractivity contribution >= 4 is 0 Å². The predicted octanol–water partition coefficient (Wildman–Crippen LogP) is 2.36. The summed E-state index contributed by atoms with van der Waals surface area (Å²) in [5.41, 5.74) is 6.76. The first-order valence-corrected chi connectivity index (χ1v) is 6.49. The highest BCUT2D eigenvalue weighted by Crippen LogP contribution is 2.28. The smallest absolute Gasteiger partial charge is 0.0829 e. The van der Waals surface area contributed by atoms with Gasteiger partial charge in [0.15, 0.2) is 0 Å². The molecule has 1 saturated heterocycles. The third kappa shape index (κ3) is 4.17. The normalized spacial score (nSPS) is 34.6. The van der Waals surface area contributed by atoms with Gasteiger partial charge in [-0.3, -0.25) is 0 Å². The molecule has 3 heteroatoms. The van der Waals surface area contributed by atoms with Crippen LogP contribution in [-0.4, -0.2) is 23.4 Å². The minimum absolute atomic E-state index is 0.0616. The fourth-order valence-electron chi connectivity index (χ4n) is 2.12. The fraction of sp³-hybridized carbons (Fsp3) is 0.714. The van der Waals surface area contributed by atoms with E-state index in [1.54, 1.807) is 0 Å². The SMILES string of the molecule is C=CCC/C(N)=C/C1OC(CC)CC(O)C1C. The van der Waals surface area contributed by atoms with Gasteiger partial charge in [-0.1, -0.05) is 19.9 Å². The highest BCUT2D eigenvalue weighted by atomic mass is 16.5. The predicted molar refractivity (Wildman–Crippen MR) is 70.4 cm³/mol. The van der Waals surface area contributed by atoms with Crippen LogP contribution in [0.15, 0.2) is 24.4 Å². The summed E-state index contributed by atoms with van der Waals surface area (Å²) in [6.45, 7) is 7.77. The third-order valence-corrected chi connectivity index (χ3v) is 3.45. The molecule has 0 aromatic heterocycles. The van der Waals surface area contributed by atoms with E-state index in [4.69, 9.17) is 10.5 Å². The Morgan fingerprint density at radius 3 is 2.88 bits per heavy atom. The average molecular weight is 239 g/mol. The van der Waals surface area contributed by atoms with Crippen molar-refractivity contribution in [1.29, 1.82) is 0 Å². The van der Waals surface area contributed by atoms with Gasteiger partial charge in [-0.2, -0.15) is 0 Å². The Kier molecular flexibility index (Phi) is 5.72. The molecule has 3 nitrogen and oxygen atoms in total. The van der Waals surface area contributed by atoms with Crippen LogP contribution in [0.25, 0.3) is 0 Å². The van der Waals surface area contributed by atoms with Gasteiger partial charge < -0.3 is 15.6 Å². The van der Waals surface area contributed by atoms with Crippen LogP contribution in [0.5, 0.6) is 0 Å². The van der Waals surface area contributed by atoms with Gasteiger partial charge in [-0.15, -0.1) is 6.58 Å². The molecule has 1 rings (SSSR count). The first-order chi connectivity index (χ1) is 8.08. The molecule has 4 unspecified atom stereocenters. The number of hydrogen-bond donors (Lipinski definition) is 2. The van der Waals surface area contributed by atoms with Crippen LogP contribution in [0.2, 0.25) is 0 Å². The molecule has 0 aromatic carbocycles. The topological polar surface area (TPSA) is 55.5 Å². The Labute approximate surface area is 104 Å². The number of ether oxygens (including phenoxy) is 1. The molecule has 0 saturated carbocycles. The lowest BCUT2D eigenvalue weighted by atomic mass is 9.89. The van der Waals surface area contributed by atoms with E-state index in [-0.39, 0.29) is 24.2 Å². The summed E-state index contributed by atoms with van der Waals surface area (Å²) in [7, 11) is 0. The lowest BCUT2D eigenvalue weighted by Gasteiger charge is -2.37. The number of aliphatic hydroxyl groups is 1. The van der Waals surface area contributed by atoms with E-state index >= 15 is 0 Å². The van der Waals surface area contributed by atoms with E-state index < -0.39 is 0 Å². The molecule has 0 aromatic rings. The summed E-state index contributed by atoms with van der Waals surface area (Å²) < 4.78 is 5.93. The fourth-order valence-corrected chi connectivity index (χ4v) is 2.12. The van der Waals surface area contributed by atoms with Crippen molar-refractivity contribution in [2.45, 2.75) is 57.8 Å². The second-order valence-corrected chi connectivity index (χ2v) is 4.86. The quantitative estimate of drug-likeness (QED) is 0.724. The summed E-state index contributed by atoms with van der Waals surface area (Å²) in [5.74, 6) is 0.111. The van der Waals surface area contributed by atoms with Crippen LogP contribution >= 0.6 is 0 Å². The minimum Gasteiger partial charge on any atom is -0.402 e. The van der Waals surface area contributed by atoms with Crippen molar-refractivity contribution in [2.75, 3.05) is 0 Å². The standard InChI is InChI=1S/C14H25NO2/c1-4-6-7-11(15)8-14-10(3)13(16)9-12(5-2)17-14/h4,8,10,12-14,16H,1,5-7,9,15H2,2-3H3/b11-8-. The zero-order valence-corrected chi connectivity index (χ0v) is 10.9. The van der Waals surface area contributed by atoms with Gasteiger partial charge in [0.25, 0.3) is 0 Å². The van der Waals surface area contributed by atoms with Crippen molar-refractivity contribution in [2.24, 2.45) is 11.7 Å². The molecule has 0 bridgehead atoms. The highest BCUT2D eigenvalue weighted by Gasteiger charge is 2.32. The van der Waals surface area contributed by atoms with Crippen molar-refractivity contribution in [3.8, 4) is 0 Å². The van der Waals surface area contributed by atoms with Gasteiger partial charge in [-0.05, 0) is 31.8 Å². The summed E-state index contributed by atoms with van der Waals surface area (Å²) in [6, 6.07) is 0. The van der Waals surface area contributed by atoms with Crippen molar-refractivity contribution in [3.05, 3.63) is 24.4 Å². The number of nitrogens with two attached hydrogens (primary N) is 1. The van der Waals surface area contributed by atoms with Gasteiger partial charge in [0.1, 0.15) is 0 Å². The Morgan fingerprint density at radius 1 is 1.59 bits per heavy atom. The molecule has 1 aliphatic rings. The lowest BCUT2D eigenvalue weighted by molar-refractivity contribution is -0.111. The Bertz CT molecular complexity index is 275. The van der Waals surface area contributed by atoms with E-state index in [1.165, 1.54) is 0 Å². The highest BCUT2D eigenvalue weighted by molar-refractivity contribution is 5.05. The van der Waals surface area contributed by atoms with Crippen LogP contribution in [0.3, 0.4) is 0 Å². The first kappa shape index (κ1) is 14.3. The number of hydrogen-bond acceptors (Lipinski definition) is 3. The number of allylic oxidation sites excluding steroid dienone is 2. The molecule has 17 heavy (non-hydrogen) atoms. The van der Waals surface area contributed by atoms with E-state index in [1.807, 2.05) is 19.1 Å². The molecule has 0 aliphatic carbocycles. The van der Waals surface area contributed by atoms with E-state index in [0.29, 0.717) is 0 Å². The van der Waals surface area contributed by atoms with Gasteiger partial charge in [0.2, 0.25) is 0 Å². The molecular weight excluding hydrogens is 214 g/mol. The monoisotopic (exact) mass is 239 g/mol. The van der Waals surface area contributed by atoms with Crippen LogP contribution in [0, 0.1) is 5.92 Å². The third-order valence-electron chi connectivity index (χ3n) is 3.45. The molecule has 3 N–H and O–H groups in total. The van der Waals surface area contributed by atoms with E-state index in [9.17, 15) is 5.11 Å². The molecule has 98 valence electrons. The number of aliphatic hydroxyl groups excluding tert-OH is 1. The molecule has 1 heterocycles. The summed E-state index contributed by atoms with van der Waals surface area (Å²) in [5, 5.41) is 9.97. The molecule has 0 radical (unpaired) electrons. The first-order valence-electron chi connectivity index (χ1n) is 6.49. The Hall–Kier alpha value is -0.800. The van der Waals surface area contributed by atoms with Crippen LogP contribution < -0.4 is 5.73 Å². The van der Waals surface area contributed by atoms with Crippen molar-refractivity contribution in [1.82, 2.24) is 0 Å². The summed E-state index contributed by atoms with van der Waals surface area (Å²) in [6.07, 6.45) is 6.96. The molecule has 1 aliphatic heterocycles. The van der Waals surface area contributed by atoms with Crippen LogP contribution in [0.1, 0.15) is 39.5 Å². The van der Waals surface area contributed by atoms with E-state index in [0.717, 1.165) is 31.4 Å². The largest absolute Gasteiger partial charge is 0.402 e. The maximum atomic E-state index is 9.97. The number of rotatable bonds is 5. The lowest BCUT2D eigenvalue weighted by Crippen LogP contribution is -2.42. The summed E-state index contributed by atoms with van der Waals surface area (Å²) >= 11 is 0.